The average Bonchev–Trinajstić information content (AvgIpc) is 2.95. The SMILES string of the molecule is CN(C)C(=O)N1CC(c2cc(Cl)ccc2F)=C[C@@]1(C)c1ccccc1. The van der Waals surface area contributed by atoms with Crippen LogP contribution in [-0.4, -0.2) is 36.5 Å². The molecule has 0 aliphatic carbocycles. The molecule has 1 aliphatic rings. The van der Waals surface area contributed by atoms with Crippen molar-refractivity contribution in [2.45, 2.75) is 12.5 Å². The molecule has 3 rings (SSSR count). The molecule has 25 heavy (non-hydrogen) atoms. The van der Waals surface area contributed by atoms with Gasteiger partial charge in [-0.1, -0.05) is 41.9 Å². The van der Waals surface area contributed by atoms with Crippen molar-refractivity contribution in [3.8, 4) is 0 Å². The van der Waals surface area contributed by atoms with E-state index in [2.05, 4.69) is 0 Å². The third-order valence-corrected chi connectivity index (χ3v) is 4.83. The highest BCUT2D eigenvalue weighted by Crippen LogP contribution is 2.41. The molecule has 1 heterocycles. The molecule has 0 aromatic heterocycles. The molecular weight excluding hydrogens is 339 g/mol. The third kappa shape index (κ3) is 3.14. The van der Waals surface area contributed by atoms with Gasteiger partial charge in [0.05, 0.1) is 5.54 Å². The number of benzene rings is 2. The molecule has 5 heteroatoms. The highest BCUT2D eigenvalue weighted by molar-refractivity contribution is 6.30. The summed E-state index contributed by atoms with van der Waals surface area (Å²) in [6.45, 7) is 2.29. The minimum Gasteiger partial charge on any atom is -0.331 e. The Labute approximate surface area is 152 Å². The highest BCUT2D eigenvalue weighted by atomic mass is 35.5. The summed E-state index contributed by atoms with van der Waals surface area (Å²) >= 11 is 6.05. The van der Waals surface area contributed by atoms with Crippen molar-refractivity contribution in [1.82, 2.24) is 9.80 Å². The van der Waals surface area contributed by atoms with Crippen molar-refractivity contribution < 1.29 is 9.18 Å². The first-order valence-corrected chi connectivity index (χ1v) is 8.42. The van der Waals surface area contributed by atoms with Gasteiger partial charge < -0.3 is 9.80 Å². The quantitative estimate of drug-likeness (QED) is 0.758. The third-order valence-electron chi connectivity index (χ3n) is 4.59. The second kappa shape index (κ2) is 6.52. The summed E-state index contributed by atoms with van der Waals surface area (Å²) in [5.74, 6) is -0.342. The lowest BCUT2D eigenvalue weighted by Gasteiger charge is -2.36. The zero-order chi connectivity index (χ0) is 18.2. The number of urea groups is 1. The molecule has 2 aromatic rings. The molecule has 0 bridgehead atoms. The molecule has 1 atom stereocenters. The van der Waals surface area contributed by atoms with Crippen LogP contribution in [0.15, 0.2) is 54.6 Å². The Morgan fingerprint density at radius 1 is 1.20 bits per heavy atom. The average molecular weight is 359 g/mol. The summed E-state index contributed by atoms with van der Waals surface area (Å²) in [4.78, 5) is 16.0. The molecule has 0 unspecified atom stereocenters. The van der Waals surface area contributed by atoms with E-state index in [-0.39, 0.29) is 11.8 Å². The summed E-state index contributed by atoms with van der Waals surface area (Å²) in [6.07, 6.45) is 1.96. The van der Waals surface area contributed by atoms with Crippen LogP contribution in [0.1, 0.15) is 18.1 Å². The molecule has 0 saturated carbocycles. The fourth-order valence-corrected chi connectivity index (χ4v) is 3.40. The molecule has 0 saturated heterocycles. The van der Waals surface area contributed by atoms with Crippen LogP contribution in [-0.2, 0) is 5.54 Å². The summed E-state index contributed by atoms with van der Waals surface area (Å²) in [6, 6.07) is 14.1. The van der Waals surface area contributed by atoms with Gasteiger partial charge in [-0.05, 0) is 42.3 Å². The number of carbonyl (C=O) groups excluding carboxylic acids is 1. The highest BCUT2D eigenvalue weighted by Gasteiger charge is 2.41. The van der Waals surface area contributed by atoms with Gasteiger partial charge >= 0.3 is 6.03 Å². The number of rotatable bonds is 2. The molecular formula is C20H20ClFN2O. The standard InChI is InChI=1S/C20H20ClFN2O/c1-20(15-7-5-4-6-8-15)12-14(13-24(20)19(25)23(2)3)17-11-16(21)9-10-18(17)22/h4-12H,13H2,1-3H3/t20-/m0/s1. The number of halogens is 2. The molecule has 0 fully saturated rings. The molecule has 0 spiro atoms. The van der Waals surface area contributed by atoms with E-state index < -0.39 is 5.54 Å². The predicted octanol–water partition coefficient (Wildman–Crippen LogP) is 4.78. The lowest BCUT2D eigenvalue weighted by Crippen LogP contribution is -2.47. The van der Waals surface area contributed by atoms with E-state index in [0.717, 1.165) is 11.1 Å². The lowest BCUT2D eigenvalue weighted by atomic mass is 9.91. The van der Waals surface area contributed by atoms with E-state index in [1.54, 1.807) is 25.1 Å². The van der Waals surface area contributed by atoms with Gasteiger partial charge in [-0.3, -0.25) is 0 Å². The van der Waals surface area contributed by atoms with Crippen molar-refractivity contribution in [3.05, 3.63) is 76.6 Å². The van der Waals surface area contributed by atoms with E-state index >= 15 is 0 Å². The fourth-order valence-electron chi connectivity index (χ4n) is 3.23. The Hall–Kier alpha value is -2.33. The molecule has 2 amide bonds. The van der Waals surface area contributed by atoms with E-state index in [9.17, 15) is 9.18 Å². The number of hydrogen-bond donors (Lipinski definition) is 0. The van der Waals surface area contributed by atoms with Gasteiger partial charge in [-0.2, -0.15) is 0 Å². The van der Waals surface area contributed by atoms with Gasteiger partial charge in [0, 0.05) is 31.2 Å². The summed E-state index contributed by atoms with van der Waals surface area (Å²) in [7, 11) is 3.43. The first-order chi connectivity index (χ1) is 11.8. The second-order valence-corrected chi connectivity index (χ2v) is 7.01. The number of amides is 2. The van der Waals surface area contributed by atoms with Gasteiger partial charge in [-0.25, -0.2) is 9.18 Å². The first-order valence-electron chi connectivity index (χ1n) is 8.04. The van der Waals surface area contributed by atoms with Crippen molar-refractivity contribution >= 4 is 23.2 Å². The Kier molecular flexibility index (Phi) is 4.56. The van der Waals surface area contributed by atoms with Crippen molar-refractivity contribution in [2.75, 3.05) is 20.6 Å². The maximum atomic E-state index is 14.3. The molecule has 3 nitrogen and oxygen atoms in total. The Morgan fingerprint density at radius 2 is 1.88 bits per heavy atom. The largest absolute Gasteiger partial charge is 0.331 e. The van der Waals surface area contributed by atoms with E-state index in [0.29, 0.717) is 17.1 Å². The summed E-state index contributed by atoms with van der Waals surface area (Å²) in [5, 5.41) is 0.469. The Morgan fingerprint density at radius 3 is 2.52 bits per heavy atom. The van der Waals surface area contributed by atoms with Gasteiger partial charge in [0.1, 0.15) is 5.82 Å². The Bertz CT molecular complexity index is 835. The van der Waals surface area contributed by atoms with Crippen molar-refractivity contribution in [3.63, 3.8) is 0 Å². The molecule has 0 radical (unpaired) electrons. The van der Waals surface area contributed by atoms with E-state index in [4.69, 9.17) is 11.6 Å². The molecule has 0 N–H and O–H groups in total. The van der Waals surface area contributed by atoms with Gasteiger partial charge in [-0.15, -0.1) is 0 Å². The van der Waals surface area contributed by atoms with Crippen LogP contribution in [0.25, 0.3) is 5.57 Å². The van der Waals surface area contributed by atoms with Crippen LogP contribution in [0.2, 0.25) is 5.02 Å². The fraction of sp³-hybridized carbons (Fsp3) is 0.250. The topological polar surface area (TPSA) is 23.6 Å². The van der Waals surface area contributed by atoms with Crippen molar-refractivity contribution in [1.29, 1.82) is 0 Å². The van der Waals surface area contributed by atoms with Gasteiger partial charge in [0.25, 0.3) is 0 Å². The minimum atomic E-state index is -0.660. The minimum absolute atomic E-state index is 0.125. The van der Waals surface area contributed by atoms with Crippen LogP contribution in [0, 0.1) is 5.82 Å². The Balaban J connectivity index is 2.12. The van der Waals surface area contributed by atoms with Crippen LogP contribution in [0.5, 0.6) is 0 Å². The number of nitrogens with zero attached hydrogens (tertiary/aromatic N) is 2. The summed E-state index contributed by atoms with van der Waals surface area (Å²) in [5.41, 5.74) is 1.50. The maximum Gasteiger partial charge on any atom is 0.320 e. The maximum absolute atomic E-state index is 14.3. The van der Waals surface area contributed by atoms with E-state index in [1.807, 2.05) is 43.3 Å². The zero-order valence-electron chi connectivity index (χ0n) is 14.5. The van der Waals surface area contributed by atoms with Gasteiger partial charge in [0.15, 0.2) is 0 Å². The number of hydrogen-bond acceptors (Lipinski definition) is 1. The van der Waals surface area contributed by atoms with Crippen LogP contribution in [0.3, 0.4) is 0 Å². The van der Waals surface area contributed by atoms with Crippen LogP contribution >= 0.6 is 11.6 Å². The normalized spacial score (nSPS) is 19.7. The monoisotopic (exact) mass is 358 g/mol. The second-order valence-electron chi connectivity index (χ2n) is 6.57. The van der Waals surface area contributed by atoms with Crippen molar-refractivity contribution in [2.24, 2.45) is 0 Å². The van der Waals surface area contributed by atoms with Crippen LogP contribution < -0.4 is 0 Å². The zero-order valence-corrected chi connectivity index (χ0v) is 15.2. The molecule has 2 aromatic carbocycles. The van der Waals surface area contributed by atoms with Crippen LogP contribution in [0.4, 0.5) is 9.18 Å². The van der Waals surface area contributed by atoms with E-state index in [1.165, 1.54) is 17.0 Å². The summed E-state index contributed by atoms with van der Waals surface area (Å²) < 4.78 is 14.3. The number of carbonyl (C=O) groups is 1. The van der Waals surface area contributed by atoms with Gasteiger partial charge in [0.2, 0.25) is 0 Å². The predicted molar refractivity (Wildman–Crippen MR) is 99.0 cm³/mol. The first kappa shape index (κ1) is 17.5. The molecule has 130 valence electrons. The lowest BCUT2D eigenvalue weighted by molar-refractivity contribution is 0.143. The molecule has 1 aliphatic heterocycles. The smallest absolute Gasteiger partial charge is 0.320 e.